The second-order valence-corrected chi connectivity index (χ2v) is 23.6. The number of aromatic nitrogens is 4. The number of carbonyl (C=O) groups excluding carboxylic acids is 2. The van der Waals surface area contributed by atoms with Crippen molar-refractivity contribution in [3.63, 3.8) is 0 Å². The highest BCUT2D eigenvalue weighted by Crippen LogP contribution is 2.32. The molecule has 0 saturated carbocycles. The van der Waals surface area contributed by atoms with E-state index < -0.39 is 57.4 Å². The Balaban J connectivity index is 0.000000224. The standard InChI is InChI=1S/C32H40F3N5O5S.C27H31ClF3N5O3/c1-2-38-14-16-39(17-15-38)13-3-4-18-44-27-9-7-26(8-10-27)40(32(41)23-11-19-46(42,43)20-12-23)22-25-6-5-24(21-28(25)33)30-36-37-31(45-30)29(34)35;1-2-34-12-14-35(15-13-34)11-3-4-16-38-22-9-7-21(8-10-22)36(27(28)37)18-20-6-5-19(17-23(20)29)25-32-33-26(39-25)24(30)31/h5-10,21,23,29H,2-4,11-20,22H2,1H3;5-10,17,24H,2-4,11-16,18H2,1H3. The van der Waals surface area contributed by atoms with Crippen LogP contribution in [0.15, 0.2) is 93.8 Å². The second kappa shape index (κ2) is 31.1. The molecule has 4 aromatic carbocycles. The summed E-state index contributed by atoms with van der Waals surface area (Å²) in [4.78, 5) is 38.4. The third-order valence-electron chi connectivity index (χ3n) is 15.3. The number of hydrogen-bond acceptors (Lipinski definition) is 16. The monoisotopic (exact) mass is 1230 g/mol. The molecule has 0 bridgehead atoms. The number of ether oxygens (including phenoxy) is 2. The Hall–Kier alpha value is -6.64. The lowest BCUT2D eigenvalue weighted by atomic mass is 10.00. The van der Waals surface area contributed by atoms with Gasteiger partial charge in [0.2, 0.25) is 17.7 Å². The third kappa shape index (κ3) is 18.7. The molecular formula is C59H71ClF6N10O8S. The van der Waals surface area contributed by atoms with Crippen molar-refractivity contribution < 1.29 is 62.7 Å². The maximum atomic E-state index is 15.3. The first kappa shape index (κ1) is 64.4. The van der Waals surface area contributed by atoms with Gasteiger partial charge in [-0.15, -0.1) is 20.4 Å². The molecule has 0 N–H and O–H groups in total. The van der Waals surface area contributed by atoms with Crippen LogP contribution >= 0.6 is 11.6 Å². The van der Waals surface area contributed by atoms with Crippen molar-refractivity contribution in [2.45, 2.75) is 78.3 Å². The van der Waals surface area contributed by atoms with Crippen LogP contribution in [0.4, 0.5) is 42.5 Å². The number of anilines is 2. The van der Waals surface area contributed by atoms with Crippen LogP contribution in [0.3, 0.4) is 0 Å². The zero-order valence-corrected chi connectivity index (χ0v) is 49.2. The number of hydrogen-bond donors (Lipinski definition) is 0. The van der Waals surface area contributed by atoms with Gasteiger partial charge in [-0.2, -0.15) is 17.6 Å². The SMILES string of the molecule is CCN1CCN(CCCCOc2ccc(N(Cc3ccc(-c4nnc(C(F)F)o4)cc3F)C(=O)C3CCS(=O)(=O)CC3)cc2)CC1.CCN1CCN(CCCCOc2ccc(N(Cc3ccc(-c4nnc(C(F)F)o4)cc3F)C(=O)Cl)cc2)CC1. The summed E-state index contributed by atoms with van der Waals surface area (Å²) in [5.74, 6) is -3.23. The molecule has 3 saturated heterocycles. The molecule has 2 amide bonds. The molecular weight excluding hydrogens is 1160 g/mol. The fourth-order valence-corrected chi connectivity index (χ4v) is 11.8. The van der Waals surface area contributed by atoms with E-state index in [-0.39, 0.29) is 77.4 Å². The summed E-state index contributed by atoms with van der Waals surface area (Å²) >= 11 is 5.80. The van der Waals surface area contributed by atoms with Crippen molar-refractivity contribution in [2.75, 3.05) is 113 Å². The number of benzene rings is 4. The summed E-state index contributed by atoms with van der Waals surface area (Å²) in [6.07, 6.45) is -1.55. The quantitative estimate of drug-likeness (QED) is 0.0228. The van der Waals surface area contributed by atoms with Gasteiger partial charge in [0.1, 0.15) is 33.0 Å². The number of amides is 2. The Bertz CT molecular complexity index is 3190. The van der Waals surface area contributed by atoms with Crippen LogP contribution in [0, 0.1) is 17.6 Å². The van der Waals surface area contributed by atoms with E-state index in [9.17, 15) is 40.0 Å². The van der Waals surface area contributed by atoms with E-state index in [0.717, 1.165) is 116 Å². The van der Waals surface area contributed by atoms with Gasteiger partial charge in [0.25, 0.3) is 11.8 Å². The van der Waals surface area contributed by atoms with E-state index in [1.54, 1.807) is 48.5 Å². The van der Waals surface area contributed by atoms with Gasteiger partial charge in [-0.05, 0) is 149 Å². The maximum Gasteiger partial charge on any atom is 0.321 e. The number of halogens is 7. The molecule has 3 aliphatic heterocycles. The molecule has 460 valence electrons. The number of sulfone groups is 1. The molecule has 0 spiro atoms. The minimum Gasteiger partial charge on any atom is -0.494 e. The van der Waals surface area contributed by atoms with Crippen LogP contribution in [0.1, 0.15) is 88.1 Å². The predicted octanol–water partition coefficient (Wildman–Crippen LogP) is 10.9. The van der Waals surface area contributed by atoms with Crippen LogP contribution in [0.2, 0.25) is 0 Å². The van der Waals surface area contributed by atoms with Crippen molar-refractivity contribution in [3.8, 4) is 34.4 Å². The molecule has 0 unspecified atom stereocenters. The Morgan fingerprint density at radius 1 is 0.588 bits per heavy atom. The van der Waals surface area contributed by atoms with Crippen LogP contribution in [0.5, 0.6) is 11.5 Å². The number of nitrogens with zero attached hydrogens (tertiary/aromatic N) is 10. The Labute approximate surface area is 495 Å². The number of carbonyl (C=O) groups is 2. The summed E-state index contributed by atoms with van der Waals surface area (Å²) in [5.41, 5.74) is 1.58. The van der Waals surface area contributed by atoms with E-state index in [2.05, 4.69) is 53.8 Å². The summed E-state index contributed by atoms with van der Waals surface area (Å²) < 4.78 is 127. The van der Waals surface area contributed by atoms with Crippen molar-refractivity contribution in [3.05, 3.63) is 119 Å². The molecule has 3 aliphatic rings. The maximum absolute atomic E-state index is 15.3. The molecule has 85 heavy (non-hydrogen) atoms. The van der Waals surface area contributed by atoms with Crippen molar-refractivity contribution in [1.29, 1.82) is 0 Å². The van der Waals surface area contributed by atoms with Gasteiger partial charge in [-0.25, -0.2) is 17.2 Å². The highest BCUT2D eigenvalue weighted by molar-refractivity contribution is 7.91. The van der Waals surface area contributed by atoms with Crippen LogP contribution < -0.4 is 19.3 Å². The van der Waals surface area contributed by atoms with Gasteiger partial charge in [0.15, 0.2) is 0 Å². The van der Waals surface area contributed by atoms with E-state index in [1.807, 2.05) is 0 Å². The molecule has 2 aromatic heterocycles. The van der Waals surface area contributed by atoms with Crippen LogP contribution in [-0.4, -0.2) is 163 Å². The van der Waals surface area contributed by atoms with Crippen LogP contribution in [-0.2, 0) is 27.7 Å². The number of rotatable bonds is 25. The third-order valence-corrected chi connectivity index (χ3v) is 17.2. The number of piperazine rings is 2. The summed E-state index contributed by atoms with van der Waals surface area (Å²) in [7, 11) is -3.19. The van der Waals surface area contributed by atoms with Gasteiger partial charge in [-0.3, -0.25) is 14.5 Å². The van der Waals surface area contributed by atoms with Gasteiger partial charge in [-0.1, -0.05) is 26.0 Å². The molecule has 0 atom stereocenters. The van der Waals surface area contributed by atoms with Gasteiger partial charge >= 0.3 is 18.2 Å². The molecule has 6 aromatic rings. The number of likely N-dealkylation sites (N-methyl/N-ethyl adjacent to an activating group) is 2. The van der Waals surface area contributed by atoms with E-state index in [4.69, 9.17) is 29.9 Å². The average molecular weight is 1230 g/mol. The Kier molecular flexibility index (Phi) is 23.6. The lowest BCUT2D eigenvalue weighted by Gasteiger charge is -2.33. The van der Waals surface area contributed by atoms with Crippen LogP contribution in [0.25, 0.3) is 22.9 Å². The predicted molar refractivity (Wildman–Crippen MR) is 309 cm³/mol. The fourth-order valence-electron chi connectivity index (χ4n) is 10.1. The van der Waals surface area contributed by atoms with E-state index >= 15 is 4.39 Å². The highest BCUT2D eigenvalue weighted by Gasteiger charge is 2.33. The summed E-state index contributed by atoms with van der Waals surface area (Å²) in [6.45, 7) is 18.5. The lowest BCUT2D eigenvalue weighted by molar-refractivity contribution is -0.122. The first-order valence-corrected chi connectivity index (χ1v) is 30.8. The van der Waals surface area contributed by atoms with E-state index in [0.29, 0.717) is 36.1 Å². The first-order valence-electron chi connectivity index (χ1n) is 28.6. The van der Waals surface area contributed by atoms with Gasteiger partial charge in [0, 0.05) is 91.9 Å². The zero-order chi connectivity index (χ0) is 60.5. The molecule has 9 rings (SSSR count). The zero-order valence-electron chi connectivity index (χ0n) is 47.6. The summed E-state index contributed by atoms with van der Waals surface area (Å²) in [5, 5.41) is 12.8. The van der Waals surface area contributed by atoms with Crippen molar-refractivity contribution in [2.24, 2.45) is 5.92 Å². The highest BCUT2D eigenvalue weighted by atomic mass is 35.5. The second-order valence-electron chi connectivity index (χ2n) is 20.9. The van der Waals surface area contributed by atoms with E-state index in [1.165, 1.54) is 34.1 Å². The topological polar surface area (TPSA) is 184 Å². The normalized spacial score (nSPS) is 16.3. The Morgan fingerprint density at radius 2 is 0.988 bits per heavy atom. The smallest absolute Gasteiger partial charge is 0.321 e. The lowest BCUT2D eigenvalue weighted by Crippen LogP contribution is -2.46. The minimum atomic E-state index is -3.19. The van der Waals surface area contributed by atoms with Gasteiger partial charge in [0.05, 0.1) is 37.8 Å². The molecule has 0 radical (unpaired) electrons. The number of unbranched alkanes of at least 4 members (excludes halogenated alkanes) is 2. The largest absolute Gasteiger partial charge is 0.494 e. The fraction of sp³-hybridized carbons (Fsp3) is 0.492. The van der Waals surface area contributed by atoms with Crippen molar-refractivity contribution in [1.82, 2.24) is 40.0 Å². The average Bonchev–Trinajstić information content (AvgIpc) is 3.85. The van der Waals surface area contributed by atoms with Crippen molar-refractivity contribution >= 4 is 44.1 Å². The first-order chi connectivity index (χ1) is 40.9. The minimum absolute atomic E-state index is 0.0766. The molecule has 18 nitrogen and oxygen atoms in total. The number of alkyl halides is 4. The van der Waals surface area contributed by atoms with Gasteiger partial charge < -0.3 is 42.8 Å². The summed E-state index contributed by atoms with van der Waals surface area (Å²) in [6, 6.07) is 21.7. The molecule has 0 aliphatic carbocycles. The molecule has 3 fully saturated rings. The Morgan fingerprint density at radius 3 is 1.36 bits per heavy atom. The molecule has 26 heteroatoms. The molecule has 5 heterocycles.